The Bertz CT molecular complexity index is 1320. The van der Waals surface area contributed by atoms with E-state index >= 15 is 0 Å². The van der Waals surface area contributed by atoms with E-state index in [1.165, 1.54) is 11.8 Å². The molecule has 198 valence electrons. The monoisotopic (exact) mass is 533 g/mol. The number of benzene rings is 2. The van der Waals surface area contributed by atoms with Gasteiger partial charge in [0.25, 0.3) is 5.91 Å². The number of nitrogens with one attached hydrogen (secondary N) is 3. The van der Waals surface area contributed by atoms with Crippen LogP contribution in [0.1, 0.15) is 24.8 Å². The summed E-state index contributed by atoms with van der Waals surface area (Å²) in [5, 5.41) is 9.71. The van der Waals surface area contributed by atoms with Crippen LogP contribution >= 0.6 is 11.8 Å². The van der Waals surface area contributed by atoms with Gasteiger partial charge in [0.05, 0.1) is 16.3 Å². The molecule has 0 aliphatic carbocycles. The lowest BCUT2D eigenvalue weighted by Gasteiger charge is -2.46. The number of hydrogen-bond donors (Lipinski definition) is 3. The van der Waals surface area contributed by atoms with Gasteiger partial charge in [-0.15, -0.1) is 0 Å². The van der Waals surface area contributed by atoms with Gasteiger partial charge in [-0.25, -0.2) is 4.79 Å². The van der Waals surface area contributed by atoms with E-state index in [4.69, 9.17) is 4.74 Å². The molecule has 4 unspecified atom stereocenters. The first kappa shape index (κ1) is 24.8. The number of likely N-dealkylation sites (N-methyl/N-ethyl adjacent to an activating group) is 1. The number of para-hydroxylation sites is 1. The van der Waals surface area contributed by atoms with Gasteiger partial charge in [0.1, 0.15) is 11.5 Å². The van der Waals surface area contributed by atoms with Gasteiger partial charge < -0.3 is 25.6 Å². The summed E-state index contributed by atoms with van der Waals surface area (Å²) in [4.78, 5) is 42.8. The Kier molecular flexibility index (Phi) is 6.53. The average molecular weight is 534 g/mol. The third-order valence-corrected chi connectivity index (χ3v) is 9.07. The van der Waals surface area contributed by atoms with Crippen LogP contribution in [0.3, 0.4) is 0 Å². The van der Waals surface area contributed by atoms with E-state index in [2.05, 4.69) is 16.0 Å². The Hall–Kier alpha value is -3.50. The third-order valence-electron chi connectivity index (χ3n) is 7.72. The number of nitrogens with zero attached hydrogens (tertiary/aromatic N) is 2. The average Bonchev–Trinajstić information content (AvgIpc) is 3.27. The fraction of sp³-hybridized carbons (Fsp3) is 0.393. The smallest absolute Gasteiger partial charge is 0.326 e. The lowest BCUT2D eigenvalue weighted by molar-refractivity contribution is -0.133. The van der Waals surface area contributed by atoms with Crippen molar-refractivity contribution in [3.05, 3.63) is 64.7 Å². The van der Waals surface area contributed by atoms with Crippen molar-refractivity contribution < 1.29 is 19.1 Å². The lowest BCUT2D eigenvalue weighted by Crippen LogP contribution is -2.62. The van der Waals surface area contributed by atoms with E-state index in [1.54, 1.807) is 11.9 Å². The van der Waals surface area contributed by atoms with Gasteiger partial charge in [-0.1, -0.05) is 30.0 Å². The minimum Gasteiger partial charge on any atom is -0.457 e. The highest BCUT2D eigenvalue weighted by Gasteiger charge is 2.52. The molecule has 0 bridgehead atoms. The number of rotatable bonds is 5. The maximum absolute atomic E-state index is 13.5. The highest BCUT2D eigenvalue weighted by molar-refractivity contribution is 8.04. The molecule has 4 aliphatic rings. The van der Waals surface area contributed by atoms with Crippen molar-refractivity contribution in [2.24, 2.45) is 5.92 Å². The largest absolute Gasteiger partial charge is 0.457 e. The zero-order valence-electron chi connectivity index (χ0n) is 21.4. The summed E-state index contributed by atoms with van der Waals surface area (Å²) >= 11 is 1.49. The van der Waals surface area contributed by atoms with E-state index in [-0.39, 0.29) is 41.2 Å². The van der Waals surface area contributed by atoms with Crippen molar-refractivity contribution in [3.63, 3.8) is 0 Å². The van der Waals surface area contributed by atoms with Gasteiger partial charge in [-0.05, 0) is 62.2 Å². The summed E-state index contributed by atoms with van der Waals surface area (Å²) in [6.45, 7) is 3.24. The first-order chi connectivity index (χ1) is 18.4. The van der Waals surface area contributed by atoms with Gasteiger partial charge in [0.15, 0.2) is 0 Å². The predicted molar refractivity (Wildman–Crippen MR) is 146 cm³/mol. The highest BCUT2D eigenvalue weighted by atomic mass is 32.2. The molecule has 4 amide bonds. The van der Waals surface area contributed by atoms with E-state index in [0.717, 1.165) is 30.0 Å². The minimum absolute atomic E-state index is 0.00389. The van der Waals surface area contributed by atoms with Crippen LogP contribution in [0, 0.1) is 12.8 Å². The van der Waals surface area contributed by atoms with Crippen molar-refractivity contribution in [2.75, 3.05) is 25.0 Å². The summed E-state index contributed by atoms with van der Waals surface area (Å²) < 4.78 is 5.99. The van der Waals surface area contributed by atoms with Crippen molar-refractivity contribution in [1.29, 1.82) is 0 Å². The summed E-state index contributed by atoms with van der Waals surface area (Å²) in [6.07, 6.45) is 1.83. The molecule has 6 rings (SSSR count). The molecule has 3 N–H and O–H groups in total. The maximum atomic E-state index is 13.5. The maximum Gasteiger partial charge on any atom is 0.326 e. The number of piperidine rings is 2. The first-order valence-corrected chi connectivity index (χ1v) is 13.9. The molecule has 9 nitrogen and oxygen atoms in total. The number of hydrogen-bond acceptors (Lipinski definition) is 6. The number of aryl methyl sites for hydroxylation is 1. The Morgan fingerprint density at radius 1 is 1.11 bits per heavy atom. The van der Waals surface area contributed by atoms with Crippen LogP contribution in [0.2, 0.25) is 0 Å². The molecule has 2 aromatic carbocycles. The molecular formula is C28H31N5O4S. The van der Waals surface area contributed by atoms with Crippen molar-refractivity contribution in [1.82, 2.24) is 20.9 Å². The summed E-state index contributed by atoms with van der Waals surface area (Å²) in [6, 6.07) is 15.0. The molecule has 0 aromatic heterocycles. The fourth-order valence-corrected chi connectivity index (χ4v) is 7.27. The van der Waals surface area contributed by atoms with E-state index in [1.807, 2.05) is 60.4 Å². The van der Waals surface area contributed by atoms with Crippen LogP contribution in [0.25, 0.3) is 0 Å². The Morgan fingerprint density at radius 3 is 2.68 bits per heavy atom. The van der Waals surface area contributed by atoms with E-state index < -0.39 is 0 Å². The predicted octanol–water partition coefficient (Wildman–Crippen LogP) is 3.32. The van der Waals surface area contributed by atoms with Crippen molar-refractivity contribution >= 4 is 35.3 Å². The number of ether oxygens (including phenoxy) is 1. The molecule has 3 fully saturated rings. The number of amides is 4. The molecule has 3 saturated heterocycles. The van der Waals surface area contributed by atoms with Gasteiger partial charge in [-0.3, -0.25) is 14.5 Å². The summed E-state index contributed by atoms with van der Waals surface area (Å²) in [5.41, 5.74) is 2.49. The number of carbonyl (C=O) groups excluding carboxylic acids is 3. The molecule has 38 heavy (non-hydrogen) atoms. The van der Waals surface area contributed by atoms with E-state index in [0.29, 0.717) is 35.7 Å². The topological polar surface area (TPSA) is 103 Å². The normalized spacial score (nSPS) is 26.7. The Labute approximate surface area is 226 Å². The Morgan fingerprint density at radius 2 is 1.92 bits per heavy atom. The second-order valence-electron chi connectivity index (χ2n) is 10.3. The number of thioether (sulfide) groups is 1. The first-order valence-electron chi connectivity index (χ1n) is 13.0. The molecule has 10 heteroatoms. The van der Waals surface area contributed by atoms with Crippen LogP contribution in [0.15, 0.2) is 59.1 Å². The molecule has 0 saturated carbocycles. The van der Waals surface area contributed by atoms with Crippen molar-refractivity contribution in [2.45, 2.75) is 43.6 Å². The van der Waals surface area contributed by atoms with Crippen molar-refractivity contribution in [3.8, 4) is 11.5 Å². The summed E-state index contributed by atoms with van der Waals surface area (Å²) in [7, 11) is 1.76. The number of anilines is 1. The van der Waals surface area contributed by atoms with Crippen LogP contribution in [0.5, 0.6) is 11.5 Å². The summed E-state index contributed by atoms with van der Waals surface area (Å²) in [5.74, 6) is 1.36. The van der Waals surface area contributed by atoms with Crippen LogP contribution in [0.4, 0.5) is 10.5 Å². The number of carbonyl (C=O) groups is 3. The second kappa shape index (κ2) is 9.99. The standard InChI is InChI=1S/C28H31N5O4S/c1-16-14-19(37-18-6-4-3-5-7-18)9-10-20(16)33-21-12-13-29-27-23(21)24(31-28(33)36)25(38-27)26(35)30-17-8-11-22(34)32(2)15-17/h3-7,9-10,14,17,21,23,27,29H,8,11-13,15H2,1-2H3,(H,30,35)(H,31,36). The quantitative estimate of drug-likeness (QED) is 0.545. The number of urea groups is 1. The lowest BCUT2D eigenvalue weighted by atomic mass is 9.86. The molecular weight excluding hydrogens is 502 g/mol. The molecule has 4 aliphatic heterocycles. The zero-order chi connectivity index (χ0) is 26.4. The fourth-order valence-electron chi connectivity index (χ4n) is 5.87. The molecule has 4 heterocycles. The zero-order valence-corrected chi connectivity index (χ0v) is 22.2. The third kappa shape index (κ3) is 4.52. The van der Waals surface area contributed by atoms with Crippen LogP contribution in [-0.2, 0) is 9.59 Å². The molecule has 0 radical (unpaired) electrons. The molecule has 2 aromatic rings. The number of likely N-dealkylation sites (tertiary alicyclic amines) is 1. The highest BCUT2D eigenvalue weighted by Crippen LogP contribution is 2.48. The van der Waals surface area contributed by atoms with Crippen LogP contribution in [-0.4, -0.2) is 60.3 Å². The van der Waals surface area contributed by atoms with Crippen LogP contribution < -0.4 is 25.6 Å². The van der Waals surface area contributed by atoms with Gasteiger partial charge in [0, 0.05) is 43.4 Å². The SMILES string of the molecule is Cc1cc(Oc2ccccc2)ccc1N1C(=O)NC2=C(C(=O)NC3CCC(=O)N(C)C3)SC3NCCC1C23. The molecule has 4 atom stereocenters. The second-order valence-corrected chi connectivity index (χ2v) is 11.4. The van der Waals surface area contributed by atoms with Gasteiger partial charge in [0.2, 0.25) is 5.91 Å². The van der Waals surface area contributed by atoms with Gasteiger partial charge >= 0.3 is 6.03 Å². The minimum atomic E-state index is -0.225. The Balaban J connectivity index is 1.24. The van der Waals surface area contributed by atoms with E-state index in [9.17, 15) is 14.4 Å². The van der Waals surface area contributed by atoms with Gasteiger partial charge in [-0.2, -0.15) is 0 Å². The molecule has 0 spiro atoms.